The van der Waals surface area contributed by atoms with Crippen LogP contribution < -0.4 is 14.9 Å². The van der Waals surface area contributed by atoms with Crippen molar-refractivity contribution in [3.8, 4) is 11.5 Å². The molecule has 0 unspecified atom stereocenters. The van der Waals surface area contributed by atoms with Crippen LogP contribution in [0.5, 0.6) is 11.5 Å². The van der Waals surface area contributed by atoms with Gasteiger partial charge < -0.3 is 9.47 Å². The molecule has 1 amide bonds. The van der Waals surface area contributed by atoms with E-state index in [-0.39, 0.29) is 12.7 Å². The number of amides is 1. The fraction of sp³-hybridized carbons (Fsp3) is 0.222. The second-order valence-electron chi connectivity index (χ2n) is 5.33. The van der Waals surface area contributed by atoms with Gasteiger partial charge in [-0.1, -0.05) is 24.3 Å². The van der Waals surface area contributed by atoms with Crippen molar-refractivity contribution in [1.29, 1.82) is 0 Å². The Morgan fingerprint density at radius 3 is 2.96 bits per heavy atom. The van der Waals surface area contributed by atoms with Crippen molar-refractivity contribution in [3.63, 3.8) is 0 Å². The van der Waals surface area contributed by atoms with Crippen LogP contribution in [0.4, 0.5) is 0 Å². The number of carbonyl (C=O) groups excluding carboxylic acids is 1. The average molecular weight is 342 g/mol. The molecule has 24 heavy (non-hydrogen) atoms. The van der Waals surface area contributed by atoms with Crippen LogP contribution in [0.2, 0.25) is 0 Å². The number of ether oxygens (including phenoxy) is 2. The predicted octanol–water partition coefficient (Wildman–Crippen LogP) is 3.11. The fourth-order valence-corrected chi connectivity index (χ4v) is 3.13. The summed E-state index contributed by atoms with van der Waals surface area (Å²) in [5, 5.41) is 3.98. The van der Waals surface area contributed by atoms with E-state index in [1.807, 2.05) is 30.3 Å². The molecular formula is C18H18N2O3S. The summed E-state index contributed by atoms with van der Waals surface area (Å²) in [6, 6.07) is 13.7. The second kappa shape index (κ2) is 7.88. The lowest BCUT2D eigenvalue weighted by atomic mass is 10.1. The van der Waals surface area contributed by atoms with Gasteiger partial charge in [-0.25, -0.2) is 5.43 Å². The molecule has 1 aliphatic rings. The summed E-state index contributed by atoms with van der Waals surface area (Å²) in [6.07, 6.45) is 1.59. The maximum Gasteiger partial charge on any atom is 0.250 e. The summed E-state index contributed by atoms with van der Waals surface area (Å²) in [5.74, 6) is 2.48. The lowest BCUT2D eigenvalue weighted by molar-refractivity contribution is -0.118. The van der Waals surface area contributed by atoms with Gasteiger partial charge in [0.15, 0.2) is 11.5 Å². The van der Waals surface area contributed by atoms with Gasteiger partial charge in [-0.05, 0) is 41.8 Å². The fourth-order valence-electron chi connectivity index (χ4n) is 2.23. The summed E-state index contributed by atoms with van der Waals surface area (Å²) >= 11 is 1.57. The number of hydrogen-bond donors (Lipinski definition) is 1. The van der Waals surface area contributed by atoms with E-state index >= 15 is 0 Å². The molecule has 5 nitrogen and oxygen atoms in total. The predicted molar refractivity (Wildman–Crippen MR) is 95.6 cm³/mol. The molecule has 0 bridgehead atoms. The maximum atomic E-state index is 11.8. The lowest BCUT2D eigenvalue weighted by Crippen LogP contribution is -2.19. The first-order valence-electron chi connectivity index (χ1n) is 7.56. The molecule has 2 aromatic carbocycles. The first kappa shape index (κ1) is 16.4. The molecule has 0 aromatic heterocycles. The number of rotatable bonds is 6. The van der Waals surface area contributed by atoms with Gasteiger partial charge in [-0.15, -0.1) is 11.8 Å². The summed E-state index contributed by atoms with van der Waals surface area (Å²) in [7, 11) is 0. The zero-order valence-corrected chi connectivity index (χ0v) is 14.1. The standard InChI is InChI=1S/C18H18N2O3S/c1-13-4-2-3-5-15(13)10-24-11-18(21)20-19-9-14-6-7-16-17(8-14)23-12-22-16/h2-9H,10-12H2,1H3,(H,20,21)/b19-9+. The van der Waals surface area contributed by atoms with Gasteiger partial charge in [0.25, 0.3) is 0 Å². The highest BCUT2D eigenvalue weighted by molar-refractivity contribution is 7.99. The van der Waals surface area contributed by atoms with Crippen LogP contribution in [0.15, 0.2) is 47.6 Å². The molecule has 6 heteroatoms. The summed E-state index contributed by atoms with van der Waals surface area (Å²) in [6.45, 7) is 2.32. The van der Waals surface area contributed by atoms with Crippen molar-refractivity contribution in [1.82, 2.24) is 5.43 Å². The minimum Gasteiger partial charge on any atom is -0.454 e. The number of fused-ring (bicyclic) bond motifs is 1. The number of hydrazone groups is 1. The summed E-state index contributed by atoms with van der Waals surface area (Å²) in [5.41, 5.74) is 5.87. The molecule has 0 aliphatic carbocycles. The topological polar surface area (TPSA) is 59.9 Å². The van der Waals surface area contributed by atoms with Gasteiger partial charge in [-0.3, -0.25) is 4.79 Å². The first-order valence-corrected chi connectivity index (χ1v) is 8.71. The maximum absolute atomic E-state index is 11.8. The van der Waals surface area contributed by atoms with Gasteiger partial charge in [0.05, 0.1) is 12.0 Å². The highest BCUT2D eigenvalue weighted by Gasteiger charge is 2.12. The van der Waals surface area contributed by atoms with Crippen LogP contribution in [-0.4, -0.2) is 24.7 Å². The number of nitrogens with one attached hydrogen (secondary N) is 1. The van der Waals surface area contributed by atoms with E-state index in [1.165, 1.54) is 11.1 Å². The van der Waals surface area contributed by atoms with Crippen molar-refractivity contribution in [3.05, 3.63) is 59.2 Å². The molecule has 2 aromatic rings. The minimum absolute atomic E-state index is 0.120. The Hall–Kier alpha value is -2.47. The van der Waals surface area contributed by atoms with Crippen LogP contribution >= 0.6 is 11.8 Å². The Kier molecular flexibility index (Phi) is 5.38. The van der Waals surface area contributed by atoms with E-state index in [9.17, 15) is 4.79 Å². The third-order valence-corrected chi connectivity index (χ3v) is 4.53. The highest BCUT2D eigenvalue weighted by atomic mass is 32.2. The van der Waals surface area contributed by atoms with Crippen molar-refractivity contribution in [2.45, 2.75) is 12.7 Å². The van der Waals surface area contributed by atoms with Crippen molar-refractivity contribution < 1.29 is 14.3 Å². The Balaban J connectivity index is 1.43. The van der Waals surface area contributed by atoms with E-state index in [1.54, 1.807) is 18.0 Å². The molecule has 3 rings (SSSR count). The summed E-state index contributed by atoms with van der Waals surface area (Å²) in [4.78, 5) is 11.8. The molecule has 1 N–H and O–H groups in total. The van der Waals surface area contributed by atoms with Crippen LogP contribution in [0.3, 0.4) is 0 Å². The lowest BCUT2D eigenvalue weighted by Gasteiger charge is -2.04. The Morgan fingerprint density at radius 2 is 2.08 bits per heavy atom. The third-order valence-electron chi connectivity index (χ3n) is 3.55. The van der Waals surface area contributed by atoms with Crippen LogP contribution in [0.25, 0.3) is 0 Å². The summed E-state index contributed by atoms with van der Waals surface area (Å²) < 4.78 is 10.5. The van der Waals surface area contributed by atoms with E-state index in [4.69, 9.17) is 9.47 Å². The third kappa shape index (κ3) is 4.29. The van der Waals surface area contributed by atoms with Gasteiger partial charge >= 0.3 is 0 Å². The molecule has 1 aliphatic heterocycles. The van der Waals surface area contributed by atoms with E-state index in [0.717, 1.165) is 17.1 Å². The first-order chi connectivity index (χ1) is 11.7. The van der Waals surface area contributed by atoms with E-state index < -0.39 is 0 Å². The van der Waals surface area contributed by atoms with Gasteiger partial charge in [0.2, 0.25) is 12.7 Å². The smallest absolute Gasteiger partial charge is 0.250 e. The van der Waals surface area contributed by atoms with Gasteiger partial charge in [-0.2, -0.15) is 5.10 Å². The number of nitrogens with zero attached hydrogens (tertiary/aromatic N) is 1. The molecule has 0 saturated carbocycles. The number of hydrogen-bond acceptors (Lipinski definition) is 5. The second-order valence-corrected chi connectivity index (χ2v) is 6.31. The van der Waals surface area contributed by atoms with Crippen LogP contribution in [0, 0.1) is 6.92 Å². The zero-order chi connectivity index (χ0) is 16.8. The number of aryl methyl sites for hydroxylation is 1. The number of benzene rings is 2. The Morgan fingerprint density at radius 1 is 1.25 bits per heavy atom. The van der Waals surface area contributed by atoms with Gasteiger partial charge in [0, 0.05) is 5.75 Å². The average Bonchev–Trinajstić information content (AvgIpc) is 3.04. The Labute approximate surface area is 145 Å². The van der Waals surface area contributed by atoms with Crippen LogP contribution in [0.1, 0.15) is 16.7 Å². The monoisotopic (exact) mass is 342 g/mol. The molecule has 0 saturated heterocycles. The van der Waals surface area contributed by atoms with Gasteiger partial charge in [0.1, 0.15) is 0 Å². The molecule has 0 fully saturated rings. The number of thioether (sulfide) groups is 1. The normalized spacial score (nSPS) is 12.5. The van der Waals surface area contributed by atoms with E-state index in [0.29, 0.717) is 11.5 Å². The molecule has 0 radical (unpaired) electrons. The van der Waals surface area contributed by atoms with Crippen molar-refractivity contribution >= 4 is 23.9 Å². The molecule has 0 atom stereocenters. The van der Waals surface area contributed by atoms with Crippen molar-refractivity contribution in [2.75, 3.05) is 12.5 Å². The minimum atomic E-state index is -0.120. The van der Waals surface area contributed by atoms with E-state index in [2.05, 4.69) is 29.6 Å². The zero-order valence-electron chi connectivity index (χ0n) is 13.3. The Bertz CT molecular complexity index is 762. The molecule has 1 heterocycles. The molecule has 0 spiro atoms. The van der Waals surface area contributed by atoms with Crippen LogP contribution in [-0.2, 0) is 10.5 Å². The quantitative estimate of drug-likeness (QED) is 0.647. The largest absolute Gasteiger partial charge is 0.454 e. The number of carbonyl (C=O) groups is 1. The molecular weight excluding hydrogens is 324 g/mol. The molecule has 124 valence electrons. The SMILES string of the molecule is Cc1ccccc1CSCC(=O)N/N=C/c1ccc2c(c1)OCO2. The van der Waals surface area contributed by atoms with Crippen molar-refractivity contribution in [2.24, 2.45) is 5.10 Å². The highest BCUT2D eigenvalue weighted by Crippen LogP contribution is 2.31.